The number of carbonyl (C=O) groups is 1. The van der Waals surface area contributed by atoms with Crippen molar-refractivity contribution in [3.05, 3.63) is 40.7 Å². The number of nitrogens with zero attached hydrogens (tertiary/aromatic N) is 2. The Kier molecular flexibility index (Phi) is 4.17. The summed E-state index contributed by atoms with van der Waals surface area (Å²) >= 11 is 11.6. The van der Waals surface area contributed by atoms with Gasteiger partial charge in [0, 0.05) is 12.8 Å². The standard InChI is InChI=1S/C11H9Cl2N3O2/c12-9-10(13)14-6-15-11(9)16-8(17)4-3-7-2-1-5-18-7/h1-2,5-6H,3-4H2,(H,14,15,16,17). The number of carbonyl (C=O) groups excluding carboxylic acids is 1. The molecule has 0 aliphatic heterocycles. The molecule has 0 saturated carbocycles. The second-order valence-corrected chi connectivity index (χ2v) is 4.19. The van der Waals surface area contributed by atoms with E-state index in [2.05, 4.69) is 15.3 Å². The molecule has 5 nitrogen and oxygen atoms in total. The van der Waals surface area contributed by atoms with Gasteiger partial charge in [-0.3, -0.25) is 4.79 Å². The highest BCUT2D eigenvalue weighted by molar-refractivity contribution is 6.42. The predicted octanol–water partition coefficient (Wildman–Crippen LogP) is 2.95. The van der Waals surface area contributed by atoms with Crippen molar-refractivity contribution >= 4 is 34.9 Å². The normalized spacial score (nSPS) is 10.3. The van der Waals surface area contributed by atoms with Crippen LogP contribution in [0.1, 0.15) is 12.2 Å². The Morgan fingerprint density at radius 3 is 2.94 bits per heavy atom. The first-order chi connectivity index (χ1) is 8.66. The third kappa shape index (κ3) is 3.21. The molecule has 0 aliphatic rings. The molecule has 0 spiro atoms. The second kappa shape index (κ2) is 5.84. The molecule has 94 valence electrons. The maximum atomic E-state index is 11.7. The fraction of sp³-hybridized carbons (Fsp3) is 0.182. The van der Waals surface area contributed by atoms with Crippen LogP contribution in [-0.2, 0) is 11.2 Å². The van der Waals surface area contributed by atoms with E-state index in [1.54, 1.807) is 12.3 Å². The smallest absolute Gasteiger partial charge is 0.226 e. The van der Waals surface area contributed by atoms with Crippen LogP contribution in [-0.4, -0.2) is 15.9 Å². The Morgan fingerprint density at radius 2 is 2.22 bits per heavy atom. The highest BCUT2D eigenvalue weighted by Gasteiger charge is 2.11. The molecule has 1 amide bonds. The minimum atomic E-state index is -0.219. The highest BCUT2D eigenvalue weighted by Crippen LogP contribution is 2.25. The highest BCUT2D eigenvalue weighted by atomic mass is 35.5. The summed E-state index contributed by atoms with van der Waals surface area (Å²) < 4.78 is 5.12. The average Bonchev–Trinajstić information content (AvgIpc) is 2.86. The number of furan rings is 1. The predicted molar refractivity (Wildman–Crippen MR) is 67.7 cm³/mol. The van der Waals surface area contributed by atoms with Crippen molar-refractivity contribution in [2.24, 2.45) is 0 Å². The summed E-state index contributed by atoms with van der Waals surface area (Å²) in [4.78, 5) is 19.2. The van der Waals surface area contributed by atoms with Gasteiger partial charge >= 0.3 is 0 Å². The maximum Gasteiger partial charge on any atom is 0.226 e. The van der Waals surface area contributed by atoms with Gasteiger partial charge in [0.25, 0.3) is 0 Å². The molecule has 2 aromatic rings. The quantitative estimate of drug-likeness (QED) is 0.877. The number of rotatable bonds is 4. The van der Waals surface area contributed by atoms with E-state index >= 15 is 0 Å². The lowest BCUT2D eigenvalue weighted by Crippen LogP contribution is -2.13. The average molecular weight is 286 g/mol. The van der Waals surface area contributed by atoms with Gasteiger partial charge in [0.1, 0.15) is 17.1 Å². The Bertz CT molecular complexity index is 543. The summed E-state index contributed by atoms with van der Waals surface area (Å²) in [6.07, 6.45) is 3.57. The fourth-order valence-corrected chi connectivity index (χ4v) is 1.60. The number of hydrogen-bond donors (Lipinski definition) is 1. The van der Waals surface area contributed by atoms with Crippen LogP contribution in [0.25, 0.3) is 0 Å². The summed E-state index contributed by atoms with van der Waals surface area (Å²) in [5.41, 5.74) is 0. The van der Waals surface area contributed by atoms with Gasteiger partial charge < -0.3 is 9.73 Å². The van der Waals surface area contributed by atoms with Gasteiger partial charge in [-0.25, -0.2) is 9.97 Å². The first-order valence-electron chi connectivity index (χ1n) is 5.15. The van der Waals surface area contributed by atoms with Gasteiger partial charge in [-0.1, -0.05) is 23.2 Å². The van der Waals surface area contributed by atoms with Crippen LogP contribution < -0.4 is 5.32 Å². The van der Waals surface area contributed by atoms with E-state index in [-0.39, 0.29) is 28.3 Å². The molecule has 0 aromatic carbocycles. The molecule has 0 radical (unpaired) electrons. The molecule has 1 N–H and O–H groups in total. The van der Waals surface area contributed by atoms with Crippen LogP contribution >= 0.6 is 23.2 Å². The number of nitrogens with one attached hydrogen (secondary N) is 1. The summed E-state index contributed by atoms with van der Waals surface area (Å²) in [7, 11) is 0. The van der Waals surface area contributed by atoms with Crippen LogP contribution in [0.4, 0.5) is 5.82 Å². The van der Waals surface area contributed by atoms with Crippen LogP contribution in [0, 0.1) is 0 Å². The van der Waals surface area contributed by atoms with Crippen molar-refractivity contribution in [2.75, 3.05) is 5.32 Å². The largest absolute Gasteiger partial charge is 0.469 e. The van der Waals surface area contributed by atoms with Gasteiger partial charge in [0.2, 0.25) is 5.91 Å². The lowest BCUT2D eigenvalue weighted by molar-refractivity contribution is -0.116. The van der Waals surface area contributed by atoms with E-state index in [1.807, 2.05) is 6.07 Å². The van der Waals surface area contributed by atoms with E-state index in [0.717, 1.165) is 5.76 Å². The van der Waals surface area contributed by atoms with Crippen LogP contribution in [0.15, 0.2) is 29.1 Å². The number of amides is 1. The Labute approximate surface area is 113 Å². The Balaban J connectivity index is 1.93. The lowest BCUT2D eigenvalue weighted by atomic mass is 10.2. The zero-order valence-electron chi connectivity index (χ0n) is 9.19. The van der Waals surface area contributed by atoms with Gasteiger partial charge in [-0.05, 0) is 12.1 Å². The van der Waals surface area contributed by atoms with Crippen LogP contribution in [0.3, 0.4) is 0 Å². The molecule has 18 heavy (non-hydrogen) atoms. The van der Waals surface area contributed by atoms with Crippen molar-refractivity contribution in [1.29, 1.82) is 0 Å². The van der Waals surface area contributed by atoms with Crippen molar-refractivity contribution in [2.45, 2.75) is 12.8 Å². The number of anilines is 1. The van der Waals surface area contributed by atoms with Crippen molar-refractivity contribution in [3.63, 3.8) is 0 Å². The minimum Gasteiger partial charge on any atom is -0.469 e. The van der Waals surface area contributed by atoms with E-state index in [9.17, 15) is 4.79 Å². The summed E-state index contributed by atoms with van der Waals surface area (Å²) in [5.74, 6) is 0.737. The Morgan fingerprint density at radius 1 is 1.39 bits per heavy atom. The molecule has 0 fully saturated rings. The molecule has 0 bridgehead atoms. The SMILES string of the molecule is O=C(CCc1ccco1)Nc1ncnc(Cl)c1Cl. The molecule has 0 atom stereocenters. The zero-order valence-corrected chi connectivity index (χ0v) is 10.7. The lowest BCUT2D eigenvalue weighted by Gasteiger charge is -2.05. The number of aromatic nitrogens is 2. The van der Waals surface area contributed by atoms with E-state index < -0.39 is 0 Å². The molecule has 7 heteroatoms. The molecular formula is C11H9Cl2N3O2. The van der Waals surface area contributed by atoms with E-state index in [0.29, 0.717) is 6.42 Å². The fourth-order valence-electron chi connectivity index (χ4n) is 1.32. The molecule has 2 heterocycles. The van der Waals surface area contributed by atoms with Crippen molar-refractivity contribution < 1.29 is 9.21 Å². The second-order valence-electron chi connectivity index (χ2n) is 3.45. The molecule has 0 saturated heterocycles. The molecular weight excluding hydrogens is 277 g/mol. The Hall–Kier alpha value is -1.59. The topological polar surface area (TPSA) is 68.0 Å². The summed E-state index contributed by atoms with van der Waals surface area (Å²) in [5, 5.41) is 2.80. The monoisotopic (exact) mass is 285 g/mol. The van der Waals surface area contributed by atoms with Crippen LogP contribution in [0.2, 0.25) is 10.2 Å². The summed E-state index contributed by atoms with van der Waals surface area (Å²) in [6.45, 7) is 0. The molecule has 2 aromatic heterocycles. The number of hydrogen-bond acceptors (Lipinski definition) is 4. The van der Waals surface area contributed by atoms with Gasteiger partial charge in [0.15, 0.2) is 11.0 Å². The van der Waals surface area contributed by atoms with Gasteiger partial charge in [0.05, 0.1) is 6.26 Å². The third-order valence-electron chi connectivity index (χ3n) is 2.18. The molecule has 0 unspecified atom stereocenters. The number of halogens is 2. The van der Waals surface area contributed by atoms with Crippen molar-refractivity contribution in [1.82, 2.24) is 9.97 Å². The van der Waals surface area contributed by atoms with Crippen molar-refractivity contribution in [3.8, 4) is 0 Å². The summed E-state index contributed by atoms with van der Waals surface area (Å²) in [6, 6.07) is 3.58. The van der Waals surface area contributed by atoms with Crippen LogP contribution in [0.5, 0.6) is 0 Å². The first-order valence-corrected chi connectivity index (χ1v) is 5.90. The van der Waals surface area contributed by atoms with Gasteiger partial charge in [-0.15, -0.1) is 0 Å². The number of aryl methyl sites for hydroxylation is 1. The minimum absolute atomic E-state index is 0.105. The first kappa shape index (κ1) is 12.9. The maximum absolute atomic E-state index is 11.7. The molecule has 2 rings (SSSR count). The zero-order chi connectivity index (χ0) is 13.0. The third-order valence-corrected chi connectivity index (χ3v) is 2.92. The van der Waals surface area contributed by atoms with Gasteiger partial charge in [-0.2, -0.15) is 0 Å². The van der Waals surface area contributed by atoms with E-state index in [1.165, 1.54) is 6.33 Å². The molecule has 0 aliphatic carbocycles. The van der Waals surface area contributed by atoms with E-state index in [4.69, 9.17) is 27.6 Å².